The molecule has 0 radical (unpaired) electrons. The van der Waals surface area contributed by atoms with Crippen LogP contribution in [0.25, 0.3) is 11.7 Å². The Kier molecular flexibility index (Phi) is 7.34. The number of thioether (sulfide) groups is 1. The number of amides is 1. The Morgan fingerprint density at radius 3 is 2.45 bits per heavy atom. The molecule has 0 bridgehead atoms. The highest BCUT2D eigenvalue weighted by molar-refractivity contribution is 8.26. The van der Waals surface area contributed by atoms with Crippen molar-refractivity contribution in [1.29, 1.82) is 0 Å². The van der Waals surface area contributed by atoms with Gasteiger partial charge in [0.2, 0.25) is 0 Å². The van der Waals surface area contributed by atoms with Gasteiger partial charge in [0.15, 0.2) is 0 Å². The van der Waals surface area contributed by atoms with Crippen LogP contribution in [0, 0.1) is 5.92 Å². The number of hydrogen-bond acceptors (Lipinski definition) is 6. The highest BCUT2D eigenvalue weighted by Gasteiger charge is 2.38. The minimum Gasteiger partial charge on any atom is -0.356 e. The number of carbonyl (C=O) groups is 1. The molecule has 2 saturated heterocycles. The predicted molar refractivity (Wildman–Crippen MR) is 158 cm³/mol. The average Bonchev–Trinajstić information content (AvgIpc) is 3.24. The first kappa shape index (κ1) is 25.3. The summed E-state index contributed by atoms with van der Waals surface area (Å²) in [6.07, 6.45) is 12.1. The Morgan fingerprint density at radius 2 is 1.68 bits per heavy atom. The molecule has 0 spiro atoms. The normalized spacial score (nSPS) is 20.7. The summed E-state index contributed by atoms with van der Waals surface area (Å²) in [6.45, 7) is 1.66. The second-order valence-electron chi connectivity index (χ2n) is 10.5. The molecule has 3 fully saturated rings. The van der Waals surface area contributed by atoms with Gasteiger partial charge in [-0.15, -0.1) is 0 Å². The summed E-state index contributed by atoms with van der Waals surface area (Å²) in [5.41, 5.74) is 2.30. The second-order valence-corrected chi connectivity index (χ2v) is 12.2. The van der Waals surface area contributed by atoms with E-state index in [0.717, 1.165) is 58.0 Å². The van der Waals surface area contributed by atoms with Gasteiger partial charge in [-0.3, -0.25) is 18.9 Å². The van der Waals surface area contributed by atoms with Gasteiger partial charge < -0.3 is 4.90 Å². The van der Waals surface area contributed by atoms with Crippen LogP contribution in [0.2, 0.25) is 0 Å². The Hall–Kier alpha value is -2.97. The zero-order chi connectivity index (χ0) is 26.1. The number of benzene rings is 1. The van der Waals surface area contributed by atoms with E-state index in [4.69, 9.17) is 17.2 Å². The highest BCUT2D eigenvalue weighted by atomic mass is 32.2. The van der Waals surface area contributed by atoms with Gasteiger partial charge >= 0.3 is 0 Å². The summed E-state index contributed by atoms with van der Waals surface area (Å²) in [5, 5.41) is 0. The van der Waals surface area contributed by atoms with Crippen molar-refractivity contribution in [3.63, 3.8) is 0 Å². The van der Waals surface area contributed by atoms with E-state index in [2.05, 4.69) is 35.2 Å². The number of anilines is 1. The van der Waals surface area contributed by atoms with E-state index >= 15 is 0 Å². The third-order valence-electron chi connectivity index (χ3n) is 8.07. The molecule has 2 aromatic heterocycles. The first-order valence-corrected chi connectivity index (χ1v) is 14.9. The van der Waals surface area contributed by atoms with Gasteiger partial charge in [0.05, 0.1) is 10.5 Å². The molecular weight excluding hydrogens is 512 g/mol. The summed E-state index contributed by atoms with van der Waals surface area (Å²) >= 11 is 6.96. The molecular formula is C30H32N4O2S2. The smallest absolute Gasteiger partial charge is 0.267 e. The van der Waals surface area contributed by atoms with Crippen molar-refractivity contribution in [2.45, 2.75) is 57.4 Å². The molecule has 3 aliphatic rings. The van der Waals surface area contributed by atoms with Crippen molar-refractivity contribution in [1.82, 2.24) is 14.3 Å². The number of aromatic nitrogens is 2. The van der Waals surface area contributed by atoms with Crippen LogP contribution >= 0.6 is 24.0 Å². The second kappa shape index (κ2) is 11.0. The maximum atomic E-state index is 13.7. The van der Waals surface area contributed by atoms with Gasteiger partial charge in [0.1, 0.15) is 15.8 Å². The lowest BCUT2D eigenvalue weighted by Crippen LogP contribution is -2.39. The first-order chi connectivity index (χ1) is 18.6. The van der Waals surface area contributed by atoms with E-state index in [1.54, 1.807) is 21.6 Å². The largest absolute Gasteiger partial charge is 0.356 e. The minimum atomic E-state index is -0.153. The Morgan fingerprint density at radius 1 is 0.947 bits per heavy atom. The lowest BCUT2D eigenvalue weighted by Gasteiger charge is -2.33. The van der Waals surface area contributed by atoms with Gasteiger partial charge in [-0.2, -0.15) is 0 Å². The molecule has 1 saturated carbocycles. The Labute approximate surface area is 232 Å². The summed E-state index contributed by atoms with van der Waals surface area (Å²) in [5.74, 6) is 1.20. The predicted octanol–water partition coefficient (Wildman–Crippen LogP) is 5.69. The van der Waals surface area contributed by atoms with Gasteiger partial charge in [-0.25, -0.2) is 4.98 Å². The quantitative estimate of drug-likeness (QED) is 0.304. The van der Waals surface area contributed by atoms with Crippen LogP contribution in [0.3, 0.4) is 0 Å². The van der Waals surface area contributed by atoms with Gasteiger partial charge in [0, 0.05) is 25.3 Å². The molecule has 6 rings (SSSR count). The number of fused-ring (bicyclic) bond motifs is 1. The first-order valence-electron chi connectivity index (χ1n) is 13.7. The molecule has 0 unspecified atom stereocenters. The Balaban J connectivity index is 1.31. The van der Waals surface area contributed by atoms with Crippen LogP contribution in [0.15, 0.2) is 64.4 Å². The molecule has 0 atom stereocenters. The average molecular weight is 545 g/mol. The van der Waals surface area contributed by atoms with Crippen molar-refractivity contribution in [3.05, 3.63) is 81.1 Å². The third-order valence-corrected chi connectivity index (χ3v) is 9.40. The molecule has 6 nitrogen and oxygen atoms in total. The number of thiocarbonyl (C=S) groups is 1. The molecule has 1 amide bonds. The van der Waals surface area contributed by atoms with Crippen LogP contribution in [-0.2, 0) is 11.2 Å². The molecule has 1 aromatic carbocycles. The van der Waals surface area contributed by atoms with E-state index in [1.165, 1.54) is 23.7 Å². The maximum Gasteiger partial charge on any atom is 0.267 e. The van der Waals surface area contributed by atoms with E-state index < -0.39 is 0 Å². The summed E-state index contributed by atoms with van der Waals surface area (Å²) < 4.78 is 2.17. The fourth-order valence-corrected chi connectivity index (χ4v) is 7.40. The highest BCUT2D eigenvalue weighted by Crippen LogP contribution is 2.38. The van der Waals surface area contributed by atoms with E-state index in [-0.39, 0.29) is 17.5 Å². The van der Waals surface area contributed by atoms with Crippen LogP contribution in [-0.4, -0.2) is 43.6 Å². The minimum absolute atomic E-state index is 0.0722. The molecule has 196 valence electrons. The third kappa shape index (κ3) is 5.04. The summed E-state index contributed by atoms with van der Waals surface area (Å²) in [6, 6.07) is 16.4. The van der Waals surface area contributed by atoms with Crippen LogP contribution in [0.1, 0.15) is 56.1 Å². The van der Waals surface area contributed by atoms with E-state index in [1.807, 2.05) is 18.2 Å². The number of hydrogen-bond donors (Lipinski definition) is 0. The van der Waals surface area contributed by atoms with Crippen molar-refractivity contribution in [3.8, 4) is 0 Å². The fourth-order valence-electron chi connectivity index (χ4n) is 6.02. The summed E-state index contributed by atoms with van der Waals surface area (Å²) in [4.78, 5) is 36.7. The van der Waals surface area contributed by atoms with E-state index in [0.29, 0.717) is 32.2 Å². The van der Waals surface area contributed by atoms with Crippen molar-refractivity contribution >= 4 is 51.7 Å². The van der Waals surface area contributed by atoms with Crippen LogP contribution < -0.4 is 10.5 Å². The maximum absolute atomic E-state index is 13.7. The van der Waals surface area contributed by atoms with Gasteiger partial charge in [-0.05, 0) is 61.8 Å². The lowest BCUT2D eigenvalue weighted by atomic mass is 9.90. The molecule has 8 heteroatoms. The van der Waals surface area contributed by atoms with Gasteiger partial charge in [0.25, 0.3) is 11.5 Å². The number of carbonyl (C=O) groups excluding carboxylic acids is 1. The zero-order valence-corrected chi connectivity index (χ0v) is 23.1. The number of pyridine rings is 1. The number of nitrogens with zero attached hydrogens (tertiary/aromatic N) is 4. The van der Waals surface area contributed by atoms with Crippen molar-refractivity contribution in [2.75, 3.05) is 18.0 Å². The lowest BCUT2D eigenvalue weighted by molar-refractivity contribution is -0.124. The zero-order valence-electron chi connectivity index (χ0n) is 21.4. The number of rotatable bonds is 5. The monoisotopic (exact) mass is 544 g/mol. The van der Waals surface area contributed by atoms with Crippen molar-refractivity contribution in [2.24, 2.45) is 5.92 Å². The van der Waals surface area contributed by atoms with Crippen molar-refractivity contribution < 1.29 is 4.79 Å². The molecule has 3 aromatic rings. The standard InChI is InChI=1S/C30H32N4O2S2/c35-28-24(20-25-29(36)34(30(37)38-25)23-11-5-2-6-12-23)27(31-26-13-7-8-16-33(26)28)32-17-14-22(15-18-32)19-21-9-3-1-4-10-21/h1,3-4,7-10,13,16,20,22-23H,2,5-6,11-12,14-15,17-19H2/b25-20-. The fraction of sp³-hybridized carbons (Fsp3) is 0.400. The SMILES string of the molecule is O=C1/C(=C/c2c(N3CCC(Cc4ccccc4)CC3)nc3ccccn3c2=O)SC(=S)N1C1CCCCC1. The number of piperidine rings is 1. The summed E-state index contributed by atoms with van der Waals surface area (Å²) in [7, 11) is 0. The van der Waals surface area contributed by atoms with Crippen LogP contribution in [0.5, 0.6) is 0 Å². The molecule has 2 aliphatic heterocycles. The van der Waals surface area contributed by atoms with Gasteiger partial charge in [-0.1, -0.05) is 79.6 Å². The van der Waals surface area contributed by atoms with Crippen LogP contribution in [0.4, 0.5) is 5.82 Å². The molecule has 0 N–H and O–H groups in total. The molecule has 1 aliphatic carbocycles. The Bertz CT molecular complexity index is 1440. The molecule has 4 heterocycles. The van der Waals surface area contributed by atoms with E-state index in [9.17, 15) is 9.59 Å². The topological polar surface area (TPSA) is 57.9 Å². The molecule has 38 heavy (non-hydrogen) atoms.